The molecule has 0 aliphatic carbocycles. The van der Waals surface area contributed by atoms with Gasteiger partial charge in [-0.15, -0.1) is 10.2 Å². The fourth-order valence-corrected chi connectivity index (χ4v) is 1.52. The maximum Gasteiger partial charge on any atom is 0.285 e. The first-order valence-corrected chi connectivity index (χ1v) is 5.45. The Balaban J connectivity index is 2.25. The van der Waals surface area contributed by atoms with E-state index in [9.17, 15) is 4.79 Å². The summed E-state index contributed by atoms with van der Waals surface area (Å²) in [5, 5.41) is 9.55. The number of aliphatic hydroxyl groups is 1. The minimum atomic E-state index is -0.236. The summed E-state index contributed by atoms with van der Waals surface area (Å²) in [4.78, 5) is 16.8. The summed E-state index contributed by atoms with van der Waals surface area (Å²) in [6.07, 6.45) is 0.569. The minimum absolute atomic E-state index is 0.0841. The highest BCUT2D eigenvalue weighted by Gasteiger charge is 2.02. The lowest BCUT2D eigenvalue weighted by Gasteiger charge is -2.10. The highest BCUT2D eigenvalue weighted by atomic mass is 16.8. The second-order valence-corrected chi connectivity index (χ2v) is 3.59. The van der Waals surface area contributed by atoms with Crippen LogP contribution in [0.1, 0.15) is 6.42 Å². The molecule has 17 heavy (non-hydrogen) atoms. The number of hydroxylamine groups is 1. The Morgan fingerprint density at radius 1 is 1.24 bits per heavy atom. The third kappa shape index (κ3) is 2.64. The van der Waals surface area contributed by atoms with Gasteiger partial charge in [-0.1, -0.05) is 18.2 Å². The van der Waals surface area contributed by atoms with Gasteiger partial charge in [0, 0.05) is 24.6 Å². The van der Waals surface area contributed by atoms with Crippen molar-refractivity contribution in [3.63, 3.8) is 0 Å². The molecule has 2 rings (SSSR count). The van der Waals surface area contributed by atoms with E-state index in [-0.39, 0.29) is 12.2 Å². The maximum atomic E-state index is 11.6. The van der Waals surface area contributed by atoms with E-state index < -0.39 is 0 Å². The number of aromatic nitrogens is 1. The van der Waals surface area contributed by atoms with Crippen LogP contribution in [-0.4, -0.2) is 23.0 Å². The van der Waals surface area contributed by atoms with Crippen LogP contribution in [0.2, 0.25) is 0 Å². The molecule has 2 aromatic rings. The lowest BCUT2D eigenvalue weighted by atomic mass is 10.2. The molecule has 0 amide bonds. The third-order valence-electron chi connectivity index (χ3n) is 2.35. The van der Waals surface area contributed by atoms with Gasteiger partial charge < -0.3 is 10.0 Å². The molecule has 0 aliphatic rings. The van der Waals surface area contributed by atoms with E-state index in [0.717, 1.165) is 5.39 Å². The Morgan fingerprint density at radius 3 is 2.88 bits per heavy atom. The van der Waals surface area contributed by atoms with Crippen LogP contribution in [0, 0.1) is 0 Å². The SMILES string of the molecule is O=c1ccc2ccccc2n1ONCCCO. The van der Waals surface area contributed by atoms with Gasteiger partial charge in [-0.3, -0.25) is 4.79 Å². The molecule has 5 heteroatoms. The number of nitrogens with one attached hydrogen (secondary N) is 1. The van der Waals surface area contributed by atoms with Gasteiger partial charge in [0.2, 0.25) is 0 Å². The molecular weight excluding hydrogens is 220 g/mol. The van der Waals surface area contributed by atoms with Crippen LogP contribution in [0.25, 0.3) is 10.9 Å². The molecule has 90 valence electrons. The van der Waals surface area contributed by atoms with Crippen LogP contribution >= 0.6 is 0 Å². The lowest BCUT2D eigenvalue weighted by molar-refractivity contribution is 0.0241. The number of fused-ring (bicyclic) bond motifs is 1. The smallest absolute Gasteiger partial charge is 0.285 e. The molecule has 1 heterocycles. The van der Waals surface area contributed by atoms with Crippen LogP contribution in [0.15, 0.2) is 41.2 Å². The molecule has 1 aromatic heterocycles. The first kappa shape index (κ1) is 11.6. The predicted molar refractivity (Wildman–Crippen MR) is 64.5 cm³/mol. The topological polar surface area (TPSA) is 63.5 Å². The van der Waals surface area contributed by atoms with Crippen LogP contribution in [-0.2, 0) is 0 Å². The average molecular weight is 234 g/mol. The summed E-state index contributed by atoms with van der Waals surface area (Å²) in [7, 11) is 0. The van der Waals surface area contributed by atoms with Crippen molar-refractivity contribution in [3.8, 4) is 0 Å². The molecule has 0 saturated heterocycles. The summed E-state index contributed by atoms with van der Waals surface area (Å²) in [5.41, 5.74) is 3.11. The van der Waals surface area contributed by atoms with E-state index in [0.29, 0.717) is 18.5 Å². The zero-order chi connectivity index (χ0) is 12.1. The Kier molecular flexibility index (Phi) is 3.74. The Hall–Kier alpha value is -1.85. The van der Waals surface area contributed by atoms with Gasteiger partial charge in [0.15, 0.2) is 0 Å². The Bertz CT molecular complexity index is 551. The fourth-order valence-electron chi connectivity index (χ4n) is 1.52. The number of aliphatic hydroxyl groups excluding tert-OH is 1. The Labute approximate surface area is 98.2 Å². The van der Waals surface area contributed by atoms with Crippen molar-refractivity contribution in [2.24, 2.45) is 0 Å². The van der Waals surface area contributed by atoms with Crippen molar-refractivity contribution < 1.29 is 10.0 Å². The Morgan fingerprint density at radius 2 is 2.06 bits per heavy atom. The molecule has 0 atom stereocenters. The zero-order valence-corrected chi connectivity index (χ0v) is 9.30. The number of rotatable bonds is 5. The average Bonchev–Trinajstić information content (AvgIpc) is 2.37. The summed E-state index contributed by atoms with van der Waals surface area (Å²) in [6, 6.07) is 10.7. The molecule has 2 N–H and O–H groups in total. The van der Waals surface area contributed by atoms with Crippen LogP contribution < -0.4 is 16.0 Å². The second-order valence-electron chi connectivity index (χ2n) is 3.59. The van der Waals surface area contributed by atoms with Gasteiger partial charge in [-0.05, 0) is 18.6 Å². The first-order chi connectivity index (χ1) is 8.33. The number of para-hydroxylation sites is 1. The maximum absolute atomic E-state index is 11.6. The molecule has 0 fully saturated rings. The standard InChI is InChI=1S/C12H14N2O3/c15-9-3-8-13-17-14-11-5-2-1-4-10(11)6-7-12(14)16/h1-2,4-7,13,15H,3,8-9H2. The van der Waals surface area contributed by atoms with Gasteiger partial charge in [0.1, 0.15) is 0 Å². The molecule has 0 unspecified atom stereocenters. The van der Waals surface area contributed by atoms with E-state index in [1.807, 2.05) is 24.3 Å². The monoisotopic (exact) mass is 234 g/mol. The van der Waals surface area contributed by atoms with Crippen molar-refractivity contribution >= 4 is 10.9 Å². The minimum Gasteiger partial charge on any atom is -0.396 e. The van der Waals surface area contributed by atoms with E-state index in [2.05, 4.69) is 5.48 Å². The van der Waals surface area contributed by atoms with Gasteiger partial charge in [-0.25, -0.2) is 0 Å². The van der Waals surface area contributed by atoms with E-state index >= 15 is 0 Å². The molecule has 0 aliphatic heterocycles. The number of nitrogens with zero attached hydrogens (tertiary/aromatic N) is 1. The van der Waals surface area contributed by atoms with Gasteiger partial charge in [0.25, 0.3) is 5.56 Å². The van der Waals surface area contributed by atoms with E-state index in [1.165, 1.54) is 10.8 Å². The van der Waals surface area contributed by atoms with Crippen LogP contribution in [0.3, 0.4) is 0 Å². The van der Waals surface area contributed by atoms with Crippen LogP contribution in [0.4, 0.5) is 0 Å². The lowest BCUT2D eigenvalue weighted by Crippen LogP contribution is -2.35. The van der Waals surface area contributed by atoms with Gasteiger partial charge >= 0.3 is 0 Å². The van der Waals surface area contributed by atoms with Gasteiger partial charge in [0.05, 0.1) is 5.52 Å². The zero-order valence-electron chi connectivity index (χ0n) is 9.30. The first-order valence-electron chi connectivity index (χ1n) is 5.45. The van der Waals surface area contributed by atoms with E-state index in [4.69, 9.17) is 10.0 Å². The summed E-state index contributed by atoms with van der Waals surface area (Å²) >= 11 is 0. The highest BCUT2D eigenvalue weighted by molar-refractivity contribution is 5.78. The number of benzene rings is 1. The summed E-state index contributed by atoms with van der Waals surface area (Å²) in [6.45, 7) is 0.562. The fraction of sp³-hybridized carbons (Fsp3) is 0.250. The predicted octanol–water partition coefficient (Wildman–Crippen LogP) is 0.317. The molecule has 1 aromatic carbocycles. The number of hydrogen-bond acceptors (Lipinski definition) is 4. The van der Waals surface area contributed by atoms with Crippen molar-refractivity contribution in [1.82, 2.24) is 10.2 Å². The van der Waals surface area contributed by atoms with E-state index in [1.54, 1.807) is 6.07 Å². The van der Waals surface area contributed by atoms with Crippen molar-refractivity contribution in [3.05, 3.63) is 46.8 Å². The number of pyridine rings is 1. The molecule has 0 spiro atoms. The van der Waals surface area contributed by atoms with Crippen molar-refractivity contribution in [2.75, 3.05) is 13.2 Å². The quantitative estimate of drug-likeness (QED) is 0.577. The molecule has 5 nitrogen and oxygen atoms in total. The van der Waals surface area contributed by atoms with Crippen molar-refractivity contribution in [2.45, 2.75) is 6.42 Å². The second kappa shape index (κ2) is 5.47. The largest absolute Gasteiger partial charge is 0.396 e. The summed E-state index contributed by atoms with van der Waals surface area (Å²) in [5.74, 6) is 0. The molecule has 0 bridgehead atoms. The molecule has 0 radical (unpaired) electrons. The van der Waals surface area contributed by atoms with Crippen LogP contribution in [0.5, 0.6) is 0 Å². The van der Waals surface area contributed by atoms with Gasteiger partial charge in [-0.2, -0.15) is 0 Å². The molecular formula is C12H14N2O3. The molecule has 0 saturated carbocycles. The highest BCUT2D eigenvalue weighted by Crippen LogP contribution is 2.09. The third-order valence-corrected chi connectivity index (χ3v) is 2.35. The van der Waals surface area contributed by atoms with Crippen molar-refractivity contribution in [1.29, 1.82) is 0 Å². The number of hydrogen-bond donors (Lipinski definition) is 2. The normalized spacial score (nSPS) is 10.6. The summed E-state index contributed by atoms with van der Waals surface area (Å²) < 4.78 is 1.20.